The van der Waals surface area contributed by atoms with Gasteiger partial charge in [-0.1, -0.05) is 30.8 Å². The minimum atomic E-state index is -0.179. The molecule has 2 N–H and O–H groups in total. The highest BCUT2D eigenvalue weighted by molar-refractivity contribution is 7.80. The van der Waals surface area contributed by atoms with E-state index in [1.807, 2.05) is 18.6 Å². The van der Waals surface area contributed by atoms with Crippen molar-refractivity contribution in [2.45, 2.75) is 31.7 Å². The van der Waals surface area contributed by atoms with Crippen LogP contribution in [0.1, 0.15) is 24.8 Å². The van der Waals surface area contributed by atoms with Gasteiger partial charge in [-0.05, 0) is 43.5 Å². The van der Waals surface area contributed by atoms with Gasteiger partial charge in [-0.2, -0.15) is 0 Å². The van der Waals surface area contributed by atoms with Gasteiger partial charge < -0.3 is 5.73 Å². The normalized spacial score (nSPS) is 20.4. The molecule has 0 saturated carbocycles. The molecule has 1 atom stereocenters. The van der Waals surface area contributed by atoms with E-state index in [9.17, 15) is 4.39 Å². The number of hydrogen-bond acceptors (Lipinski definition) is 2. The Balaban J connectivity index is 1.88. The van der Waals surface area contributed by atoms with Gasteiger partial charge in [0.25, 0.3) is 0 Å². The van der Waals surface area contributed by atoms with Crippen LogP contribution < -0.4 is 5.73 Å². The Kier molecular flexibility index (Phi) is 5.28. The average molecular weight is 279 g/mol. The predicted molar refractivity (Wildman–Crippen MR) is 80.4 cm³/mol. The molecular formula is C15H20FN2S. The molecule has 1 heterocycles. The summed E-state index contributed by atoms with van der Waals surface area (Å²) in [6.07, 6.45) is 6.50. The van der Waals surface area contributed by atoms with Gasteiger partial charge >= 0.3 is 0 Å². The summed E-state index contributed by atoms with van der Waals surface area (Å²) in [6, 6.07) is 7.11. The van der Waals surface area contributed by atoms with E-state index in [2.05, 4.69) is 4.90 Å². The van der Waals surface area contributed by atoms with E-state index in [-0.39, 0.29) is 5.82 Å². The highest BCUT2D eigenvalue weighted by Gasteiger charge is 2.22. The highest BCUT2D eigenvalue weighted by Crippen LogP contribution is 2.19. The Bertz CT molecular complexity index is 419. The Morgan fingerprint density at radius 2 is 2.11 bits per heavy atom. The van der Waals surface area contributed by atoms with E-state index in [0.29, 0.717) is 11.0 Å². The van der Waals surface area contributed by atoms with Gasteiger partial charge in [0.15, 0.2) is 0 Å². The molecule has 19 heavy (non-hydrogen) atoms. The first-order chi connectivity index (χ1) is 9.15. The van der Waals surface area contributed by atoms with E-state index < -0.39 is 0 Å². The molecule has 0 amide bonds. The van der Waals surface area contributed by atoms with Crippen LogP contribution >= 0.6 is 12.2 Å². The largest absolute Gasteiger partial charge is 0.393 e. The lowest BCUT2D eigenvalue weighted by Gasteiger charge is -2.35. The zero-order valence-electron chi connectivity index (χ0n) is 11.0. The number of nitrogens with zero attached hydrogens (tertiary/aromatic N) is 1. The van der Waals surface area contributed by atoms with Gasteiger partial charge in [-0.3, -0.25) is 4.90 Å². The predicted octanol–water partition coefficient (Wildman–Crippen LogP) is 2.71. The third kappa shape index (κ3) is 4.55. The molecular weight excluding hydrogens is 259 g/mol. The third-order valence-corrected chi connectivity index (χ3v) is 3.76. The molecule has 0 aliphatic carbocycles. The maximum Gasteiger partial charge on any atom is 0.123 e. The monoisotopic (exact) mass is 279 g/mol. The van der Waals surface area contributed by atoms with Gasteiger partial charge in [0.1, 0.15) is 5.82 Å². The smallest absolute Gasteiger partial charge is 0.123 e. The lowest BCUT2D eigenvalue weighted by molar-refractivity contribution is 0.176. The summed E-state index contributed by atoms with van der Waals surface area (Å²) in [5, 5.41) is 0. The fourth-order valence-electron chi connectivity index (χ4n) is 2.60. The fraction of sp³-hybridized carbons (Fsp3) is 0.467. The first-order valence-electron chi connectivity index (χ1n) is 6.78. The minimum absolute atomic E-state index is 0.179. The summed E-state index contributed by atoms with van der Waals surface area (Å²) >= 11 is 4.98. The fourth-order valence-corrected chi connectivity index (χ4v) is 2.75. The van der Waals surface area contributed by atoms with Crippen molar-refractivity contribution in [2.24, 2.45) is 5.73 Å². The van der Waals surface area contributed by atoms with Crippen LogP contribution in [0.4, 0.5) is 4.39 Å². The van der Waals surface area contributed by atoms with Gasteiger partial charge in [-0.15, -0.1) is 0 Å². The van der Waals surface area contributed by atoms with E-state index in [1.165, 1.54) is 30.5 Å². The highest BCUT2D eigenvalue weighted by atomic mass is 32.1. The number of piperidine rings is 1. The maximum atomic E-state index is 12.8. The molecule has 4 heteroatoms. The van der Waals surface area contributed by atoms with E-state index in [1.54, 1.807) is 0 Å². The molecule has 0 spiro atoms. The van der Waals surface area contributed by atoms with Crippen LogP contribution in [0.5, 0.6) is 0 Å². The van der Waals surface area contributed by atoms with E-state index >= 15 is 0 Å². The molecule has 0 bridgehead atoms. The van der Waals surface area contributed by atoms with E-state index in [0.717, 1.165) is 25.9 Å². The summed E-state index contributed by atoms with van der Waals surface area (Å²) in [5.74, 6) is -0.179. The molecule has 0 aromatic heterocycles. The summed E-state index contributed by atoms with van der Waals surface area (Å²) in [4.78, 5) is 2.91. The zero-order valence-corrected chi connectivity index (χ0v) is 11.8. The molecule has 1 radical (unpaired) electrons. The van der Waals surface area contributed by atoms with Crippen LogP contribution in [-0.4, -0.2) is 29.0 Å². The first-order valence-corrected chi connectivity index (χ1v) is 7.19. The van der Waals surface area contributed by atoms with Crippen molar-refractivity contribution in [3.8, 4) is 0 Å². The molecule has 2 rings (SSSR count). The summed E-state index contributed by atoms with van der Waals surface area (Å²) in [7, 11) is 0. The number of thiocarbonyl (C=S) groups is 1. The van der Waals surface area contributed by atoms with E-state index in [4.69, 9.17) is 18.0 Å². The quantitative estimate of drug-likeness (QED) is 0.840. The Hall–Kier alpha value is -1.00. The van der Waals surface area contributed by atoms with Crippen LogP contribution in [0.15, 0.2) is 24.3 Å². The summed E-state index contributed by atoms with van der Waals surface area (Å²) in [5.41, 5.74) is 6.78. The first kappa shape index (κ1) is 14.4. The minimum Gasteiger partial charge on any atom is -0.393 e. The van der Waals surface area contributed by atoms with Gasteiger partial charge in [0.05, 0.1) is 4.99 Å². The van der Waals surface area contributed by atoms with Crippen molar-refractivity contribution in [3.63, 3.8) is 0 Å². The molecule has 1 saturated heterocycles. The van der Waals surface area contributed by atoms with Crippen LogP contribution in [-0.2, 0) is 6.42 Å². The molecule has 1 unspecified atom stereocenters. The average Bonchev–Trinajstić information content (AvgIpc) is 2.39. The zero-order chi connectivity index (χ0) is 13.7. The number of nitrogens with two attached hydrogens (primary N) is 1. The standard InChI is InChI=1S/C15H20FN2S/c16-13-6-4-12(5-7-13)8-10-18-9-2-1-3-14(18)11-15(17)19/h4-7,11,14H,1-3,8-10H2,(H2,17,19). The molecule has 2 nitrogen and oxygen atoms in total. The lowest BCUT2D eigenvalue weighted by atomic mass is 9.98. The van der Waals surface area contributed by atoms with Crippen LogP contribution in [0.3, 0.4) is 0 Å². The topological polar surface area (TPSA) is 29.3 Å². The molecule has 1 aliphatic heterocycles. The molecule has 1 aromatic carbocycles. The van der Waals surface area contributed by atoms with Gasteiger partial charge in [-0.25, -0.2) is 4.39 Å². The van der Waals surface area contributed by atoms with Gasteiger partial charge in [0, 0.05) is 19.0 Å². The Morgan fingerprint density at radius 3 is 2.79 bits per heavy atom. The molecule has 1 aromatic rings. The number of rotatable bonds is 5. The number of likely N-dealkylation sites (tertiary alicyclic amines) is 1. The van der Waals surface area contributed by atoms with Crippen molar-refractivity contribution in [1.29, 1.82) is 0 Å². The Morgan fingerprint density at radius 1 is 1.37 bits per heavy atom. The van der Waals surface area contributed by atoms with Crippen LogP contribution in [0.25, 0.3) is 0 Å². The van der Waals surface area contributed by atoms with Crippen molar-refractivity contribution >= 4 is 17.2 Å². The van der Waals surface area contributed by atoms with Gasteiger partial charge in [0.2, 0.25) is 0 Å². The van der Waals surface area contributed by atoms with Crippen LogP contribution in [0, 0.1) is 12.2 Å². The molecule has 1 fully saturated rings. The number of benzene rings is 1. The SMILES string of the molecule is NC(=S)[CH]C1CCCCN1CCc1ccc(F)cc1. The molecule has 1 aliphatic rings. The number of halogens is 1. The van der Waals surface area contributed by atoms with Crippen LogP contribution in [0.2, 0.25) is 0 Å². The summed E-state index contributed by atoms with van der Waals surface area (Å²) < 4.78 is 12.8. The van der Waals surface area contributed by atoms with Crippen molar-refractivity contribution in [1.82, 2.24) is 4.90 Å². The maximum absolute atomic E-state index is 12.8. The second-order valence-electron chi connectivity index (χ2n) is 5.04. The second kappa shape index (κ2) is 6.96. The van der Waals surface area contributed by atoms with Crippen molar-refractivity contribution in [3.05, 3.63) is 42.1 Å². The molecule has 103 valence electrons. The lowest BCUT2D eigenvalue weighted by Crippen LogP contribution is -2.43. The Labute approximate surface area is 119 Å². The van der Waals surface area contributed by atoms with Crippen molar-refractivity contribution in [2.75, 3.05) is 13.1 Å². The second-order valence-corrected chi connectivity index (χ2v) is 5.52. The number of hydrogen-bond donors (Lipinski definition) is 1. The summed E-state index contributed by atoms with van der Waals surface area (Å²) in [6.45, 7) is 2.06. The third-order valence-electron chi connectivity index (χ3n) is 3.62. The van der Waals surface area contributed by atoms with Crippen molar-refractivity contribution < 1.29 is 4.39 Å².